The Balaban J connectivity index is 2.28. The Morgan fingerprint density at radius 2 is 2.17 bits per heavy atom. The van der Waals surface area contributed by atoms with Gasteiger partial charge in [-0.25, -0.2) is 9.78 Å². The van der Waals surface area contributed by atoms with E-state index in [0.717, 1.165) is 15.7 Å². The number of rotatable bonds is 6. The number of terminal acetylenes is 1. The van der Waals surface area contributed by atoms with Gasteiger partial charge in [0.05, 0.1) is 17.7 Å². The van der Waals surface area contributed by atoms with Crippen molar-refractivity contribution in [2.24, 2.45) is 0 Å². The fourth-order valence-electron chi connectivity index (χ4n) is 2.36. The van der Waals surface area contributed by atoms with E-state index in [1.54, 1.807) is 0 Å². The predicted molar refractivity (Wildman–Crippen MR) is 100 cm³/mol. The average Bonchev–Trinajstić information content (AvgIpc) is 3.05. The second-order valence-electron chi connectivity index (χ2n) is 5.05. The number of halogens is 1. The highest BCUT2D eigenvalue weighted by Crippen LogP contribution is 2.37. The molecule has 0 radical (unpaired) electrons. The quantitative estimate of drug-likeness (QED) is 0.642. The van der Waals surface area contributed by atoms with Crippen molar-refractivity contribution < 1.29 is 9.90 Å². The molecule has 0 saturated heterocycles. The number of nitrogens with one attached hydrogen (secondary N) is 2. The van der Waals surface area contributed by atoms with Crippen molar-refractivity contribution in [2.75, 3.05) is 18.5 Å². The van der Waals surface area contributed by atoms with Crippen LogP contribution >= 0.6 is 27.3 Å². The van der Waals surface area contributed by atoms with Gasteiger partial charge in [0.25, 0.3) is 0 Å². The van der Waals surface area contributed by atoms with E-state index in [1.807, 2.05) is 36.6 Å². The molecule has 3 N–H and O–H groups in total. The van der Waals surface area contributed by atoms with E-state index >= 15 is 0 Å². The molecule has 0 aliphatic carbocycles. The van der Waals surface area contributed by atoms with E-state index in [2.05, 4.69) is 37.5 Å². The van der Waals surface area contributed by atoms with Gasteiger partial charge in [-0.1, -0.05) is 40.9 Å². The lowest BCUT2D eigenvalue weighted by molar-refractivity contribution is 0.245. The number of thiazole rings is 1. The molecule has 1 unspecified atom stereocenters. The summed E-state index contributed by atoms with van der Waals surface area (Å²) >= 11 is 4.74. The Hall–Kier alpha value is -1.88. The zero-order chi connectivity index (χ0) is 17.6. The first-order chi connectivity index (χ1) is 11.6. The largest absolute Gasteiger partial charge is 0.395 e. The molecule has 5 nitrogen and oxygen atoms in total. The number of aliphatic hydroxyl groups is 1. The van der Waals surface area contributed by atoms with Crippen molar-refractivity contribution >= 4 is 38.4 Å². The molecule has 1 aromatic heterocycles. The molecule has 0 aliphatic heterocycles. The second-order valence-corrected chi connectivity index (χ2v) is 6.83. The first kappa shape index (κ1) is 18.5. The van der Waals surface area contributed by atoms with Crippen LogP contribution in [-0.2, 0) is 5.41 Å². The third kappa shape index (κ3) is 3.96. The number of hydrogen-bond donors (Lipinski definition) is 3. The molecule has 1 heterocycles. The van der Waals surface area contributed by atoms with Gasteiger partial charge in [0.15, 0.2) is 5.13 Å². The summed E-state index contributed by atoms with van der Waals surface area (Å²) in [6.45, 7) is 2.09. The Bertz CT molecular complexity index is 739. The molecule has 2 rings (SSSR count). The second kappa shape index (κ2) is 8.29. The Kier molecular flexibility index (Phi) is 6.37. The predicted octanol–water partition coefficient (Wildman–Crippen LogP) is 3.35. The lowest BCUT2D eigenvalue weighted by atomic mass is 9.76. The maximum atomic E-state index is 11.7. The molecule has 24 heavy (non-hydrogen) atoms. The van der Waals surface area contributed by atoms with Crippen LogP contribution in [0, 0.1) is 12.3 Å². The number of carbonyl (C=O) groups is 1. The maximum absolute atomic E-state index is 11.7. The Labute approximate surface area is 153 Å². The van der Waals surface area contributed by atoms with Crippen molar-refractivity contribution in [3.63, 3.8) is 0 Å². The molecular formula is C17H18BrN3O2S. The number of carbonyl (C=O) groups excluding carboxylic acids is 1. The van der Waals surface area contributed by atoms with Crippen LogP contribution in [0.15, 0.2) is 34.1 Å². The lowest BCUT2D eigenvalue weighted by Crippen LogP contribution is -2.31. The zero-order valence-corrected chi connectivity index (χ0v) is 15.6. The van der Waals surface area contributed by atoms with Crippen molar-refractivity contribution in [3.8, 4) is 12.3 Å². The molecule has 1 atom stereocenters. The molecule has 0 bridgehead atoms. The SMILES string of the molecule is C#CC(CC)(c1ccc(Br)cc1)c1csc(NC(=O)NCCO)n1. The zero-order valence-electron chi connectivity index (χ0n) is 13.2. The lowest BCUT2D eigenvalue weighted by Gasteiger charge is -2.26. The first-order valence-electron chi connectivity index (χ1n) is 7.41. The standard InChI is InChI=1S/C17H18BrN3O2S/c1-3-17(4-2,12-5-7-13(18)8-6-12)14-11-24-16(20-14)21-15(23)19-9-10-22/h1,5-8,11,22H,4,9-10H2,2H3,(H2,19,20,21,23). The summed E-state index contributed by atoms with van der Waals surface area (Å²) in [5, 5.41) is 16.2. The summed E-state index contributed by atoms with van der Waals surface area (Å²) in [6.07, 6.45) is 6.56. The van der Waals surface area contributed by atoms with Gasteiger partial charge in [0, 0.05) is 16.4 Å². The number of aromatic nitrogens is 1. The average molecular weight is 408 g/mol. The normalized spacial score (nSPS) is 12.9. The highest BCUT2D eigenvalue weighted by Gasteiger charge is 2.33. The number of benzene rings is 1. The monoisotopic (exact) mass is 407 g/mol. The van der Waals surface area contributed by atoms with Crippen molar-refractivity contribution in [1.29, 1.82) is 0 Å². The minimum Gasteiger partial charge on any atom is -0.395 e. The van der Waals surface area contributed by atoms with Gasteiger partial charge in [-0.2, -0.15) is 0 Å². The maximum Gasteiger partial charge on any atom is 0.321 e. The number of nitrogens with zero attached hydrogens (tertiary/aromatic N) is 1. The van der Waals surface area contributed by atoms with Crippen molar-refractivity contribution in [2.45, 2.75) is 18.8 Å². The van der Waals surface area contributed by atoms with Crippen LogP contribution in [0.4, 0.5) is 9.93 Å². The molecule has 0 spiro atoms. The molecule has 2 amide bonds. The first-order valence-corrected chi connectivity index (χ1v) is 9.08. The van der Waals surface area contributed by atoms with Gasteiger partial charge in [-0.05, 0) is 24.1 Å². The van der Waals surface area contributed by atoms with E-state index < -0.39 is 11.4 Å². The molecule has 1 aromatic carbocycles. The summed E-state index contributed by atoms with van der Waals surface area (Å²) < 4.78 is 0.981. The third-order valence-electron chi connectivity index (χ3n) is 3.67. The number of hydrogen-bond acceptors (Lipinski definition) is 4. The van der Waals surface area contributed by atoms with E-state index in [-0.39, 0.29) is 13.2 Å². The number of anilines is 1. The molecular weight excluding hydrogens is 390 g/mol. The van der Waals surface area contributed by atoms with Gasteiger partial charge in [0.2, 0.25) is 0 Å². The topological polar surface area (TPSA) is 74.2 Å². The molecule has 0 saturated carbocycles. The fraction of sp³-hybridized carbons (Fsp3) is 0.294. The van der Waals surface area contributed by atoms with Crippen LogP contribution in [-0.4, -0.2) is 29.3 Å². The fourth-order valence-corrected chi connectivity index (χ4v) is 3.41. The van der Waals surface area contributed by atoms with Crippen LogP contribution in [0.3, 0.4) is 0 Å². The van der Waals surface area contributed by atoms with Crippen LogP contribution in [0.2, 0.25) is 0 Å². The van der Waals surface area contributed by atoms with Crippen LogP contribution in [0.1, 0.15) is 24.6 Å². The van der Waals surface area contributed by atoms with E-state index in [4.69, 9.17) is 11.5 Å². The summed E-state index contributed by atoms with van der Waals surface area (Å²) in [4.78, 5) is 16.2. The highest BCUT2D eigenvalue weighted by atomic mass is 79.9. The molecule has 2 aromatic rings. The van der Waals surface area contributed by atoms with Crippen LogP contribution in [0.5, 0.6) is 0 Å². The number of amides is 2. The van der Waals surface area contributed by atoms with Gasteiger partial charge in [-0.15, -0.1) is 17.8 Å². The smallest absolute Gasteiger partial charge is 0.321 e. The van der Waals surface area contributed by atoms with Crippen LogP contribution < -0.4 is 10.6 Å². The van der Waals surface area contributed by atoms with Gasteiger partial charge in [0.1, 0.15) is 0 Å². The summed E-state index contributed by atoms with van der Waals surface area (Å²) in [6, 6.07) is 7.45. The van der Waals surface area contributed by atoms with E-state index in [0.29, 0.717) is 11.6 Å². The van der Waals surface area contributed by atoms with Gasteiger partial charge >= 0.3 is 6.03 Å². The third-order valence-corrected chi connectivity index (χ3v) is 4.96. The molecule has 0 aliphatic rings. The van der Waals surface area contributed by atoms with Crippen molar-refractivity contribution in [1.82, 2.24) is 10.3 Å². The van der Waals surface area contributed by atoms with Gasteiger partial charge < -0.3 is 10.4 Å². The Morgan fingerprint density at radius 3 is 2.75 bits per heavy atom. The summed E-state index contributed by atoms with van der Waals surface area (Å²) in [5.74, 6) is 2.89. The van der Waals surface area contributed by atoms with E-state index in [9.17, 15) is 4.79 Å². The van der Waals surface area contributed by atoms with Crippen LogP contribution in [0.25, 0.3) is 0 Å². The summed E-state index contributed by atoms with van der Waals surface area (Å²) in [7, 11) is 0. The number of aliphatic hydroxyl groups excluding tert-OH is 1. The molecule has 126 valence electrons. The van der Waals surface area contributed by atoms with Gasteiger partial charge in [-0.3, -0.25) is 5.32 Å². The summed E-state index contributed by atoms with van der Waals surface area (Å²) in [5.41, 5.74) is 1.08. The molecule has 7 heteroatoms. The van der Waals surface area contributed by atoms with Crippen molar-refractivity contribution in [3.05, 3.63) is 45.4 Å². The number of urea groups is 1. The minimum absolute atomic E-state index is 0.115. The Morgan fingerprint density at radius 1 is 1.46 bits per heavy atom. The molecule has 0 fully saturated rings. The highest BCUT2D eigenvalue weighted by molar-refractivity contribution is 9.10. The van der Waals surface area contributed by atoms with E-state index in [1.165, 1.54) is 11.3 Å². The minimum atomic E-state index is -0.640.